The molecule has 198 valence electrons. The van der Waals surface area contributed by atoms with Crippen molar-refractivity contribution in [3.8, 4) is 17.2 Å². The first kappa shape index (κ1) is 26.5. The molecular formula is C26H33N5O5S. The lowest BCUT2D eigenvalue weighted by atomic mass is 9.92. The molecule has 11 heteroatoms. The van der Waals surface area contributed by atoms with Crippen LogP contribution in [0, 0.1) is 0 Å². The fraction of sp³-hybridized carbons (Fsp3) is 0.462. The standard InChI is InChI=1S/C26H33N5O5S/c1-26(2,3)19-13-20(30-29-19)28-23(32)17-14-37-24(27-17)15-9-11-31(12-10-15)25(33)16-7-8-18(34-4)22(36-6)21(16)35-5/h7-8,13-15H,9-12H2,1-6H3,(H2,28,29,30,32). The Morgan fingerprint density at radius 3 is 2.38 bits per heavy atom. The van der Waals surface area contributed by atoms with Gasteiger partial charge in [-0.2, -0.15) is 5.10 Å². The Morgan fingerprint density at radius 1 is 1.08 bits per heavy atom. The van der Waals surface area contributed by atoms with Crippen molar-refractivity contribution in [3.63, 3.8) is 0 Å². The van der Waals surface area contributed by atoms with Gasteiger partial charge in [-0.25, -0.2) is 4.98 Å². The summed E-state index contributed by atoms with van der Waals surface area (Å²) in [6, 6.07) is 5.24. The first-order valence-corrected chi connectivity index (χ1v) is 12.9. The van der Waals surface area contributed by atoms with Gasteiger partial charge in [-0.05, 0) is 25.0 Å². The molecule has 1 aromatic carbocycles. The number of carbonyl (C=O) groups excluding carboxylic acids is 2. The number of nitrogens with one attached hydrogen (secondary N) is 2. The summed E-state index contributed by atoms with van der Waals surface area (Å²) in [5, 5.41) is 12.6. The zero-order valence-electron chi connectivity index (χ0n) is 22.0. The maximum Gasteiger partial charge on any atom is 0.276 e. The summed E-state index contributed by atoms with van der Waals surface area (Å²) in [7, 11) is 4.56. The summed E-state index contributed by atoms with van der Waals surface area (Å²) in [4.78, 5) is 32.4. The van der Waals surface area contributed by atoms with Crippen LogP contribution in [0.2, 0.25) is 0 Å². The fourth-order valence-corrected chi connectivity index (χ4v) is 5.27. The highest BCUT2D eigenvalue weighted by Crippen LogP contribution is 2.41. The quantitative estimate of drug-likeness (QED) is 0.466. The highest BCUT2D eigenvalue weighted by molar-refractivity contribution is 7.10. The van der Waals surface area contributed by atoms with E-state index >= 15 is 0 Å². The molecule has 0 atom stereocenters. The fourth-order valence-electron chi connectivity index (χ4n) is 4.30. The maximum absolute atomic E-state index is 13.3. The number of aromatic amines is 1. The Labute approximate surface area is 220 Å². The molecule has 0 bridgehead atoms. The van der Waals surface area contributed by atoms with Crippen molar-refractivity contribution in [1.82, 2.24) is 20.1 Å². The molecule has 4 rings (SSSR count). The third-order valence-corrected chi connectivity index (χ3v) is 7.46. The highest BCUT2D eigenvalue weighted by Gasteiger charge is 2.30. The van der Waals surface area contributed by atoms with Crippen LogP contribution < -0.4 is 19.5 Å². The number of thiazole rings is 1. The molecule has 37 heavy (non-hydrogen) atoms. The number of carbonyl (C=O) groups is 2. The molecule has 1 fully saturated rings. The first-order chi connectivity index (χ1) is 17.7. The number of amides is 2. The molecule has 10 nitrogen and oxygen atoms in total. The number of ether oxygens (including phenoxy) is 3. The number of methoxy groups -OCH3 is 3. The molecule has 1 saturated heterocycles. The van der Waals surface area contributed by atoms with Gasteiger partial charge in [-0.15, -0.1) is 11.3 Å². The first-order valence-electron chi connectivity index (χ1n) is 12.1. The summed E-state index contributed by atoms with van der Waals surface area (Å²) < 4.78 is 16.2. The van der Waals surface area contributed by atoms with Gasteiger partial charge in [0.15, 0.2) is 17.3 Å². The van der Waals surface area contributed by atoms with E-state index in [-0.39, 0.29) is 23.1 Å². The largest absolute Gasteiger partial charge is 0.493 e. The van der Waals surface area contributed by atoms with Crippen LogP contribution in [0.5, 0.6) is 17.2 Å². The normalized spacial score (nSPS) is 14.4. The number of piperidine rings is 1. The number of hydrogen-bond donors (Lipinski definition) is 2. The minimum Gasteiger partial charge on any atom is -0.493 e. The number of aromatic nitrogens is 3. The molecule has 3 heterocycles. The van der Waals surface area contributed by atoms with Crippen LogP contribution in [0.1, 0.15) is 71.1 Å². The van der Waals surface area contributed by atoms with Gasteiger partial charge in [0.2, 0.25) is 5.75 Å². The van der Waals surface area contributed by atoms with Crippen LogP contribution in [0.4, 0.5) is 5.82 Å². The van der Waals surface area contributed by atoms with Gasteiger partial charge in [0.25, 0.3) is 11.8 Å². The molecule has 1 aliphatic rings. The molecule has 2 amide bonds. The molecule has 3 aromatic rings. The van der Waals surface area contributed by atoms with Crippen molar-refractivity contribution in [1.29, 1.82) is 0 Å². The molecule has 1 aliphatic heterocycles. The van der Waals surface area contributed by atoms with E-state index in [0.717, 1.165) is 23.5 Å². The maximum atomic E-state index is 13.3. The van der Waals surface area contributed by atoms with E-state index in [1.54, 1.807) is 17.5 Å². The van der Waals surface area contributed by atoms with Gasteiger partial charge < -0.3 is 24.4 Å². The number of likely N-dealkylation sites (tertiary alicyclic amines) is 1. The molecular weight excluding hydrogens is 494 g/mol. The van der Waals surface area contributed by atoms with Crippen molar-refractivity contribution in [3.05, 3.63) is 45.5 Å². The lowest BCUT2D eigenvalue weighted by Gasteiger charge is -2.31. The van der Waals surface area contributed by atoms with Gasteiger partial charge in [-0.3, -0.25) is 14.7 Å². The summed E-state index contributed by atoms with van der Waals surface area (Å²) in [6.07, 6.45) is 1.51. The molecule has 0 unspecified atom stereocenters. The Morgan fingerprint density at radius 2 is 1.78 bits per heavy atom. The molecule has 2 N–H and O–H groups in total. The second-order valence-electron chi connectivity index (χ2n) is 9.89. The van der Waals surface area contributed by atoms with Crippen molar-refractivity contribution >= 4 is 29.0 Å². The van der Waals surface area contributed by atoms with Gasteiger partial charge in [0, 0.05) is 41.6 Å². The topological polar surface area (TPSA) is 119 Å². The van der Waals surface area contributed by atoms with E-state index in [4.69, 9.17) is 14.2 Å². The van der Waals surface area contributed by atoms with E-state index < -0.39 is 0 Å². The van der Waals surface area contributed by atoms with E-state index in [2.05, 4.69) is 41.3 Å². The summed E-state index contributed by atoms with van der Waals surface area (Å²) >= 11 is 1.47. The number of H-pyrrole nitrogens is 1. The lowest BCUT2D eigenvalue weighted by Crippen LogP contribution is -2.38. The zero-order valence-corrected chi connectivity index (χ0v) is 22.8. The Bertz CT molecular complexity index is 1270. The Hall–Kier alpha value is -3.60. The third kappa shape index (κ3) is 5.56. The summed E-state index contributed by atoms with van der Waals surface area (Å²) in [5.74, 6) is 1.49. The molecule has 0 saturated carbocycles. The SMILES string of the molecule is COc1ccc(C(=O)N2CCC(c3nc(C(=O)Nc4cc(C(C)(C)C)[nH]n4)cs3)CC2)c(OC)c1OC. The van der Waals surface area contributed by atoms with E-state index in [0.29, 0.717) is 47.4 Å². The summed E-state index contributed by atoms with van der Waals surface area (Å²) in [5.41, 5.74) is 1.65. The minimum atomic E-state index is -0.289. The molecule has 0 aliphatic carbocycles. The van der Waals surface area contributed by atoms with E-state index in [1.165, 1.54) is 32.7 Å². The number of nitrogens with zero attached hydrogens (tertiary/aromatic N) is 3. The Kier molecular flexibility index (Phi) is 7.72. The smallest absolute Gasteiger partial charge is 0.276 e. The van der Waals surface area contributed by atoms with Crippen molar-refractivity contribution in [2.75, 3.05) is 39.7 Å². The van der Waals surface area contributed by atoms with Crippen LogP contribution in [0.15, 0.2) is 23.6 Å². The van der Waals surface area contributed by atoms with Crippen molar-refractivity contribution in [2.45, 2.75) is 44.9 Å². The predicted molar refractivity (Wildman–Crippen MR) is 141 cm³/mol. The third-order valence-electron chi connectivity index (χ3n) is 6.45. The van der Waals surface area contributed by atoms with E-state index in [9.17, 15) is 9.59 Å². The predicted octanol–water partition coefficient (Wildman–Crippen LogP) is 4.46. The second-order valence-corrected chi connectivity index (χ2v) is 10.8. The van der Waals surface area contributed by atoms with Crippen molar-refractivity contribution in [2.24, 2.45) is 0 Å². The monoisotopic (exact) mass is 527 g/mol. The number of benzene rings is 1. The van der Waals surface area contributed by atoms with Crippen LogP contribution in [0.3, 0.4) is 0 Å². The van der Waals surface area contributed by atoms with Crippen LogP contribution in [-0.2, 0) is 5.41 Å². The zero-order chi connectivity index (χ0) is 26.7. The average Bonchev–Trinajstić information content (AvgIpc) is 3.57. The average molecular weight is 528 g/mol. The Balaban J connectivity index is 1.38. The number of rotatable bonds is 7. The molecule has 0 spiro atoms. The lowest BCUT2D eigenvalue weighted by molar-refractivity contribution is 0.0708. The van der Waals surface area contributed by atoms with Crippen LogP contribution in [-0.4, -0.2) is 66.3 Å². The van der Waals surface area contributed by atoms with Gasteiger partial charge in [-0.1, -0.05) is 20.8 Å². The number of hydrogen-bond acceptors (Lipinski definition) is 8. The highest BCUT2D eigenvalue weighted by atomic mass is 32.1. The molecule has 2 aromatic heterocycles. The van der Waals surface area contributed by atoms with Gasteiger partial charge in [0.05, 0.1) is 31.9 Å². The number of anilines is 1. The minimum absolute atomic E-state index is 0.0927. The van der Waals surface area contributed by atoms with E-state index in [1.807, 2.05) is 11.0 Å². The second kappa shape index (κ2) is 10.8. The molecule has 0 radical (unpaired) electrons. The van der Waals surface area contributed by atoms with Crippen LogP contribution in [0.25, 0.3) is 0 Å². The van der Waals surface area contributed by atoms with Crippen molar-refractivity contribution < 1.29 is 23.8 Å². The van der Waals surface area contributed by atoms with Gasteiger partial charge >= 0.3 is 0 Å². The van der Waals surface area contributed by atoms with Gasteiger partial charge in [0.1, 0.15) is 5.69 Å². The van der Waals surface area contributed by atoms with Crippen LogP contribution >= 0.6 is 11.3 Å². The summed E-state index contributed by atoms with van der Waals surface area (Å²) in [6.45, 7) is 7.36.